The van der Waals surface area contributed by atoms with Crippen molar-refractivity contribution in [2.75, 3.05) is 0 Å². The summed E-state index contributed by atoms with van der Waals surface area (Å²) in [6.07, 6.45) is 0. The van der Waals surface area contributed by atoms with Crippen molar-refractivity contribution in [3.63, 3.8) is 0 Å². The van der Waals surface area contributed by atoms with Gasteiger partial charge in [-0.2, -0.15) is 18.4 Å². The summed E-state index contributed by atoms with van der Waals surface area (Å²) in [5, 5.41) is 12.2. The van der Waals surface area contributed by atoms with E-state index in [4.69, 9.17) is 5.26 Å². The molecule has 0 fully saturated rings. The van der Waals surface area contributed by atoms with Crippen LogP contribution in [0.3, 0.4) is 0 Å². The van der Waals surface area contributed by atoms with Gasteiger partial charge in [-0.05, 0) is 11.8 Å². The monoisotopic (exact) mass is 209 g/mol. The minimum Gasteiger partial charge on any atom is -0.287 e. The average molecular weight is 209 g/mol. The zero-order chi connectivity index (χ0) is 10.1. The minimum atomic E-state index is -4.57. The molecule has 0 amide bonds. The van der Waals surface area contributed by atoms with Gasteiger partial charge in [0.2, 0.25) is 0 Å². The molecule has 0 atom stereocenters. The molecular weight excluding hydrogens is 207 g/mol. The van der Waals surface area contributed by atoms with Crippen molar-refractivity contribution in [2.24, 2.45) is 0 Å². The summed E-state index contributed by atoms with van der Waals surface area (Å²) < 4.78 is 35.4. The van der Waals surface area contributed by atoms with Crippen molar-refractivity contribution in [1.29, 1.82) is 5.26 Å². The van der Waals surface area contributed by atoms with E-state index in [-0.39, 0.29) is 0 Å². The lowest BCUT2D eigenvalue weighted by Crippen LogP contribution is -2.07. The van der Waals surface area contributed by atoms with Crippen LogP contribution in [0.4, 0.5) is 13.2 Å². The highest BCUT2D eigenvalue weighted by Gasteiger charge is 2.32. The predicted octanol–water partition coefficient (Wildman–Crippen LogP) is 1.19. The Balaban J connectivity index is 3.08. The van der Waals surface area contributed by atoms with Crippen molar-refractivity contribution in [1.82, 2.24) is 10.2 Å². The minimum absolute atomic E-state index is 0.410. The van der Waals surface area contributed by atoms with E-state index in [1.807, 2.05) is 10.2 Å². The van der Waals surface area contributed by atoms with Gasteiger partial charge < -0.3 is 0 Å². The lowest BCUT2D eigenvalue weighted by molar-refractivity contribution is -0.0328. The van der Waals surface area contributed by atoms with Crippen LogP contribution >= 0.6 is 11.8 Å². The third-order valence-electron chi connectivity index (χ3n) is 1.06. The summed E-state index contributed by atoms with van der Waals surface area (Å²) in [6.45, 7) is 0. The van der Waals surface area contributed by atoms with Crippen molar-refractivity contribution >= 4 is 11.8 Å². The van der Waals surface area contributed by atoms with Crippen LogP contribution in [0.2, 0.25) is 0 Å². The number of H-pyrrole nitrogens is 2. The zero-order valence-electron chi connectivity index (χ0n) is 5.90. The van der Waals surface area contributed by atoms with Crippen LogP contribution in [-0.4, -0.2) is 15.7 Å². The molecule has 4 nitrogen and oxygen atoms in total. The second kappa shape index (κ2) is 3.18. The number of nitrogens with zero attached hydrogens (tertiary/aromatic N) is 1. The van der Waals surface area contributed by atoms with E-state index in [1.54, 1.807) is 0 Å². The molecule has 13 heavy (non-hydrogen) atoms. The van der Waals surface area contributed by atoms with E-state index >= 15 is 0 Å². The van der Waals surface area contributed by atoms with Crippen LogP contribution in [-0.2, 0) is 0 Å². The number of hydrogen-bond donors (Lipinski definition) is 2. The molecule has 1 heterocycles. The van der Waals surface area contributed by atoms with E-state index in [2.05, 4.69) is 0 Å². The Morgan fingerprint density at radius 2 is 2.00 bits per heavy atom. The Hall–Kier alpha value is -1.36. The molecule has 0 aliphatic rings. The lowest BCUT2D eigenvalue weighted by Gasteiger charge is -2.01. The molecule has 0 unspecified atom stereocenters. The van der Waals surface area contributed by atoms with Gasteiger partial charge in [-0.15, -0.1) is 0 Å². The van der Waals surface area contributed by atoms with Crippen LogP contribution in [0.25, 0.3) is 0 Å². The fourth-order valence-electron chi connectivity index (χ4n) is 0.638. The van der Waals surface area contributed by atoms with Gasteiger partial charge in [-0.3, -0.25) is 15.0 Å². The fraction of sp³-hybridized carbons (Fsp3) is 0.200. The van der Waals surface area contributed by atoms with Gasteiger partial charge in [0, 0.05) is 0 Å². The fourth-order valence-corrected chi connectivity index (χ4v) is 1.21. The van der Waals surface area contributed by atoms with E-state index < -0.39 is 33.4 Å². The van der Waals surface area contributed by atoms with Crippen molar-refractivity contribution in [3.05, 3.63) is 16.0 Å². The maximum Gasteiger partial charge on any atom is 0.446 e. The van der Waals surface area contributed by atoms with Crippen molar-refractivity contribution < 1.29 is 13.2 Å². The van der Waals surface area contributed by atoms with Crippen LogP contribution < -0.4 is 5.56 Å². The molecule has 70 valence electrons. The second-order valence-corrected chi connectivity index (χ2v) is 3.02. The molecule has 1 aromatic rings. The highest BCUT2D eigenvalue weighted by Crippen LogP contribution is 2.35. The maximum atomic E-state index is 11.8. The van der Waals surface area contributed by atoms with E-state index in [0.29, 0.717) is 0 Å². The first-order valence-corrected chi connectivity index (χ1v) is 3.72. The summed E-state index contributed by atoms with van der Waals surface area (Å²) in [6, 6.07) is 1.43. The topological polar surface area (TPSA) is 72.4 Å². The number of nitrogens with one attached hydrogen (secondary N) is 2. The Kier molecular flexibility index (Phi) is 2.38. The van der Waals surface area contributed by atoms with Gasteiger partial charge in [0.25, 0.3) is 5.56 Å². The molecule has 0 saturated carbocycles. The number of aromatic nitrogens is 2. The van der Waals surface area contributed by atoms with Crippen LogP contribution in [0.5, 0.6) is 0 Å². The molecule has 8 heteroatoms. The molecule has 0 aromatic carbocycles. The molecule has 0 aliphatic carbocycles. The molecule has 0 aliphatic heterocycles. The Bertz CT molecular complexity index is 398. The molecule has 0 spiro atoms. The molecule has 1 aromatic heterocycles. The Morgan fingerprint density at radius 3 is 2.46 bits per heavy atom. The number of nitriles is 1. The molecule has 2 N–H and O–H groups in total. The molecule has 0 saturated heterocycles. The van der Waals surface area contributed by atoms with E-state index in [0.717, 1.165) is 0 Å². The SMILES string of the molecule is N#Cc1[nH][nH]c(=O)c1SC(F)(F)F. The first-order valence-electron chi connectivity index (χ1n) is 2.90. The maximum absolute atomic E-state index is 11.8. The third-order valence-corrected chi connectivity index (χ3v) is 1.89. The number of rotatable bonds is 1. The number of alkyl halides is 3. The predicted molar refractivity (Wildman–Crippen MR) is 38.0 cm³/mol. The average Bonchev–Trinajstić information content (AvgIpc) is 2.30. The third kappa shape index (κ3) is 2.29. The van der Waals surface area contributed by atoms with E-state index in [1.165, 1.54) is 6.07 Å². The lowest BCUT2D eigenvalue weighted by atomic mass is 10.5. The Labute approximate surface area is 73.7 Å². The Morgan fingerprint density at radius 1 is 1.38 bits per heavy atom. The van der Waals surface area contributed by atoms with Crippen LogP contribution in [0, 0.1) is 11.3 Å². The normalized spacial score (nSPS) is 11.2. The van der Waals surface area contributed by atoms with Gasteiger partial charge >= 0.3 is 5.51 Å². The van der Waals surface area contributed by atoms with Gasteiger partial charge in [0.05, 0.1) is 0 Å². The smallest absolute Gasteiger partial charge is 0.287 e. The summed E-state index contributed by atoms with van der Waals surface area (Å²) in [7, 11) is 0. The van der Waals surface area contributed by atoms with Gasteiger partial charge in [-0.25, -0.2) is 0 Å². The molecule has 1 rings (SSSR count). The number of halogens is 3. The van der Waals surface area contributed by atoms with Crippen molar-refractivity contribution in [3.8, 4) is 6.07 Å². The number of thioether (sulfide) groups is 1. The van der Waals surface area contributed by atoms with Crippen LogP contribution in [0.1, 0.15) is 5.69 Å². The molecule has 0 radical (unpaired) electrons. The second-order valence-electron chi connectivity index (χ2n) is 1.94. The molecular formula is C5H2F3N3OS. The first-order chi connectivity index (χ1) is 5.94. The summed E-state index contributed by atoms with van der Waals surface area (Å²) >= 11 is -0.612. The highest BCUT2D eigenvalue weighted by molar-refractivity contribution is 8.00. The summed E-state index contributed by atoms with van der Waals surface area (Å²) in [5.74, 6) is 0. The van der Waals surface area contributed by atoms with E-state index in [9.17, 15) is 18.0 Å². The first kappa shape index (κ1) is 9.73. The standard InChI is InChI=1S/C5H2F3N3OS/c6-5(7,8)13-3-2(1-9)10-11-4(3)12/h(H2,10,11,12). The highest BCUT2D eigenvalue weighted by atomic mass is 32.2. The van der Waals surface area contributed by atoms with Gasteiger partial charge in [-0.1, -0.05) is 0 Å². The summed E-state index contributed by atoms with van der Waals surface area (Å²) in [4.78, 5) is 10.1. The molecule has 0 bridgehead atoms. The number of aromatic amines is 2. The quantitative estimate of drug-likeness (QED) is 0.682. The zero-order valence-corrected chi connectivity index (χ0v) is 6.71. The summed E-state index contributed by atoms with van der Waals surface area (Å²) in [5.41, 5.74) is -5.92. The van der Waals surface area contributed by atoms with Crippen LogP contribution in [0.15, 0.2) is 9.69 Å². The number of hydrogen-bond acceptors (Lipinski definition) is 3. The van der Waals surface area contributed by atoms with Gasteiger partial charge in [0.1, 0.15) is 11.0 Å². The van der Waals surface area contributed by atoms with Crippen molar-refractivity contribution in [2.45, 2.75) is 10.4 Å². The van der Waals surface area contributed by atoms with Gasteiger partial charge in [0.15, 0.2) is 5.69 Å². The largest absolute Gasteiger partial charge is 0.446 e.